The van der Waals surface area contributed by atoms with Gasteiger partial charge < -0.3 is 15.7 Å². The van der Waals surface area contributed by atoms with Gasteiger partial charge in [0.15, 0.2) is 0 Å². The second-order valence-electron chi connectivity index (χ2n) is 4.06. The minimum absolute atomic E-state index is 0.0218. The third-order valence-corrected chi connectivity index (χ3v) is 2.27. The van der Waals surface area contributed by atoms with E-state index in [1.165, 1.54) is 0 Å². The molecular weight excluding hydrogens is 180 g/mol. The first-order valence-electron chi connectivity index (χ1n) is 5.11. The number of rotatable bonds is 6. The van der Waals surface area contributed by atoms with E-state index in [-0.39, 0.29) is 31.1 Å². The maximum atomic E-state index is 11.3. The highest BCUT2D eigenvalue weighted by Crippen LogP contribution is 1.98. The van der Waals surface area contributed by atoms with Crippen molar-refractivity contribution >= 4 is 5.91 Å². The lowest BCUT2D eigenvalue weighted by atomic mass is 10.1. The SMILES string of the molecule is CC(CO)NCC(=O)NC(C)C(C)C. The van der Waals surface area contributed by atoms with Crippen LogP contribution in [0.25, 0.3) is 0 Å². The van der Waals surface area contributed by atoms with E-state index in [9.17, 15) is 4.79 Å². The molecule has 1 amide bonds. The van der Waals surface area contributed by atoms with Crippen LogP contribution in [0.15, 0.2) is 0 Å². The molecule has 4 nitrogen and oxygen atoms in total. The molecule has 0 aromatic carbocycles. The molecule has 0 rings (SSSR count). The zero-order valence-corrected chi connectivity index (χ0v) is 9.50. The Hall–Kier alpha value is -0.610. The van der Waals surface area contributed by atoms with Crippen LogP contribution in [0.2, 0.25) is 0 Å². The Bertz CT molecular complexity index is 172. The van der Waals surface area contributed by atoms with E-state index in [1.54, 1.807) is 0 Å². The highest BCUT2D eigenvalue weighted by Gasteiger charge is 2.10. The number of carbonyl (C=O) groups excluding carboxylic acids is 1. The molecule has 2 atom stereocenters. The number of aliphatic hydroxyl groups excluding tert-OH is 1. The van der Waals surface area contributed by atoms with Crippen molar-refractivity contribution in [1.82, 2.24) is 10.6 Å². The molecule has 0 heterocycles. The van der Waals surface area contributed by atoms with E-state index < -0.39 is 0 Å². The van der Waals surface area contributed by atoms with Gasteiger partial charge in [0.1, 0.15) is 0 Å². The highest BCUT2D eigenvalue weighted by atomic mass is 16.3. The van der Waals surface area contributed by atoms with Gasteiger partial charge in [0.25, 0.3) is 0 Å². The Balaban J connectivity index is 3.65. The molecule has 0 saturated heterocycles. The van der Waals surface area contributed by atoms with Gasteiger partial charge in [-0.05, 0) is 19.8 Å². The second-order valence-corrected chi connectivity index (χ2v) is 4.06. The molecule has 0 aromatic rings. The first kappa shape index (κ1) is 13.4. The van der Waals surface area contributed by atoms with Gasteiger partial charge in [-0.15, -0.1) is 0 Å². The largest absolute Gasteiger partial charge is 0.395 e. The van der Waals surface area contributed by atoms with E-state index in [4.69, 9.17) is 5.11 Å². The van der Waals surface area contributed by atoms with Gasteiger partial charge in [-0.1, -0.05) is 13.8 Å². The molecular formula is C10H22N2O2. The summed E-state index contributed by atoms with van der Waals surface area (Å²) in [6.07, 6.45) is 0. The lowest BCUT2D eigenvalue weighted by Gasteiger charge is -2.18. The maximum absolute atomic E-state index is 11.3. The highest BCUT2D eigenvalue weighted by molar-refractivity contribution is 5.78. The van der Waals surface area contributed by atoms with E-state index in [0.29, 0.717) is 5.92 Å². The molecule has 0 bridgehead atoms. The van der Waals surface area contributed by atoms with Crippen LogP contribution in [0.5, 0.6) is 0 Å². The third kappa shape index (κ3) is 5.94. The first-order chi connectivity index (χ1) is 6.47. The molecule has 0 aliphatic rings. The number of aliphatic hydroxyl groups is 1. The van der Waals surface area contributed by atoms with Crippen molar-refractivity contribution < 1.29 is 9.90 Å². The Morgan fingerprint density at radius 3 is 2.29 bits per heavy atom. The van der Waals surface area contributed by atoms with Crippen LogP contribution >= 0.6 is 0 Å². The Kier molecular flexibility index (Phi) is 6.49. The van der Waals surface area contributed by atoms with Gasteiger partial charge in [0.05, 0.1) is 13.2 Å². The van der Waals surface area contributed by atoms with Crippen molar-refractivity contribution in [2.24, 2.45) is 5.92 Å². The van der Waals surface area contributed by atoms with Crippen LogP contribution in [0.4, 0.5) is 0 Å². The predicted molar refractivity (Wildman–Crippen MR) is 57.0 cm³/mol. The van der Waals surface area contributed by atoms with Gasteiger partial charge >= 0.3 is 0 Å². The summed E-state index contributed by atoms with van der Waals surface area (Å²) in [5, 5.41) is 14.5. The minimum atomic E-state index is -0.0323. The zero-order valence-electron chi connectivity index (χ0n) is 9.50. The smallest absolute Gasteiger partial charge is 0.234 e. The van der Waals surface area contributed by atoms with Gasteiger partial charge in [-0.2, -0.15) is 0 Å². The minimum Gasteiger partial charge on any atom is -0.395 e. The number of amides is 1. The van der Waals surface area contributed by atoms with Crippen molar-refractivity contribution in [3.8, 4) is 0 Å². The van der Waals surface area contributed by atoms with Crippen molar-refractivity contribution in [2.75, 3.05) is 13.2 Å². The predicted octanol–water partition coefficient (Wildman–Crippen LogP) is 0.118. The number of nitrogens with one attached hydrogen (secondary N) is 2. The molecule has 0 fully saturated rings. The summed E-state index contributed by atoms with van der Waals surface area (Å²) >= 11 is 0. The standard InChI is InChI=1S/C10H22N2O2/c1-7(2)9(4)12-10(14)5-11-8(3)6-13/h7-9,11,13H,5-6H2,1-4H3,(H,12,14). The summed E-state index contributed by atoms with van der Waals surface area (Å²) in [6, 6.07) is 0.156. The van der Waals surface area contributed by atoms with Crippen LogP contribution in [0.3, 0.4) is 0 Å². The van der Waals surface area contributed by atoms with Crippen LogP contribution in [-0.4, -0.2) is 36.2 Å². The molecule has 0 spiro atoms. The number of hydrogen-bond donors (Lipinski definition) is 3. The topological polar surface area (TPSA) is 61.4 Å². The van der Waals surface area contributed by atoms with E-state index in [2.05, 4.69) is 24.5 Å². The summed E-state index contributed by atoms with van der Waals surface area (Å²) in [5.41, 5.74) is 0. The normalized spacial score (nSPS) is 15.3. The number of hydrogen-bond acceptors (Lipinski definition) is 3. The molecule has 0 aliphatic heterocycles. The Morgan fingerprint density at radius 1 is 1.29 bits per heavy atom. The van der Waals surface area contributed by atoms with E-state index in [0.717, 1.165) is 0 Å². The Morgan fingerprint density at radius 2 is 1.86 bits per heavy atom. The molecule has 0 aromatic heterocycles. The fourth-order valence-electron chi connectivity index (χ4n) is 0.803. The average molecular weight is 202 g/mol. The van der Waals surface area contributed by atoms with E-state index >= 15 is 0 Å². The molecule has 2 unspecified atom stereocenters. The second kappa shape index (κ2) is 6.79. The molecule has 0 aliphatic carbocycles. The summed E-state index contributed by atoms with van der Waals surface area (Å²) in [7, 11) is 0. The van der Waals surface area contributed by atoms with Crippen molar-refractivity contribution in [3.63, 3.8) is 0 Å². The lowest BCUT2D eigenvalue weighted by Crippen LogP contribution is -2.43. The van der Waals surface area contributed by atoms with Crippen molar-refractivity contribution in [3.05, 3.63) is 0 Å². The van der Waals surface area contributed by atoms with Gasteiger partial charge in [-0.3, -0.25) is 4.79 Å². The molecule has 14 heavy (non-hydrogen) atoms. The fraction of sp³-hybridized carbons (Fsp3) is 0.900. The molecule has 0 saturated carbocycles. The van der Waals surface area contributed by atoms with Gasteiger partial charge in [0.2, 0.25) is 5.91 Å². The maximum Gasteiger partial charge on any atom is 0.234 e. The van der Waals surface area contributed by atoms with Crippen LogP contribution in [0.1, 0.15) is 27.7 Å². The molecule has 3 N–H and O–H groups in total. The average Bonchev–Trinajstić information content (AvgIpc) is 2.13. The quantitative estimate of drug-likeness (QED) is 0.573. The van der Waals surface area contributed by atoms with Gasteiger partial charge in [0, 0.05) is 12.1 Å². The molecule has 84 valence electrons. The summed E-state index contributed by atoms with van der Waals surface area (Å²) in [6.45, 7) is 8.26. The van der Waals surface area contributed by atoms with Crippen LogP contribution < -0.4 is 10.6 Å². The first-order valence-corrected chi connectivity index (χ1v) is 5.11. The van der Waals surface area contributed by atoms with Crippen molar-refractivity contribution in [1.29, 1.82) is 0 Å². The Labute approximate surface area is 86.1 Å². The fourth-order valence-corrected chi connectivity index (χ4v) is 0.803. The summed E-state index contributed by atoms with van der Waals surface area (Å²) in [5.74, 6) is 0.417. The lowest BCUT2D eigenvalue weighted by molar-refractivity contribution is -0.121. The van der Waals surface area contributed by atoms with Crippen LogP contribution in [0, 0.1) is 5.92 Å². The van der Waals surface area contributed by atoms with Crippen LogP contribution in [-0.2, 0) is 4.79 Å². The molecule has 4 heteroatoms. The van der Waals surface area contributed by atoms with E-state index in [1.807, 2.05) is 13.8 Å². The van der Waals surface area contributed by atoms with Gasteiger partial charge in [-0.25, -0.2) is 0 Å². The van der Waals surface area contributed by atoms with Crippen molar-refractivity contribution in [2.45, 2.75) is 39.8 Å². The monoisotopic (exact) mass is 202 g/mol. The zero-order chi connectivity index (χ0) is 11.1. The third-order valence-electron chi connectivity index (χ3n) is 2.27. The summed E-state index contributed by atoms with van der Waals surface area (Å²) in [4.78, 5) is 11.3. The molecule has 0 radical (unpaired) electrons. The summed E-state index contributed by atoms with van der Waals surface area (Å²) < 4.78 is 0. The number of carbonyl (C=O) groups is 1.